The van der Waals surface area contributed by atoms with Crippen molar-refractivity contribution in [2.24, 2.45) is 0 Å². The van der Waals surface area contributed by atoms with Crippen molar-refractivity contribution in [2.75, 3.05) is 0 Å². The molecule has 1 aliphatic rings. The number of nitrogens with one attached hydrogen (secondary N) is 2. The second-order valence-corrected chi connectivity index (χ2v) is 7.55. The van der Waals surface area contributed by atoms with Crippen LogP contribution in [0.1, 0.15) is 41.7 Å². The third kappa shape index (κ3) is 4.83. The normalized spacial score (nSPS) is 19.0. The number of amides is 1. The van der Waals surface area contributed by atoms with Crippen LogP contribution in [0.4, 0.5) is 4.39 Å². The molecule has 1 aliphatic carbocycles. The van der Waals surface area contributed by atoms with Gasteiger partial charge in [-0.15, -0.1) is 0 Å². The molecule has 1 saturated carbocycles. The number of ether oxygens (including phenoxy) is 1. The second-order valence-electron chi connectivity index (χ2n) is 7.55. The molecule has 0 spiro atoms. The molecule has 0 saturated heterocycles. The quantitative estimate of drug-likeness (QED) is 0.663. The van der Waals surface area contributed by atoms with E-state index >= 15 is 0 Å². The largest absolute Gasteiger partial charge is 0.474 e. The maximum atomic E-state index is 13.1. The molecule has 0 bridgehead atoms. The smallest absolute Gasteiger partial charge is 0.267 e. The maximum absolute atomic E-state index is 13.1. The van der Waals surface area contributed by atoms with Gasteiger partial charge in [0.15, 0.2) is 0 Å². The Hall–Kier alpha value is -3.15. The Morgan fingerprint density at radius 2 is 1.86 bits per heavy atom. The first-order valence-corrected chi connectivity index (χ1v) is 9.91. The Morgan fingerprint density at radius 3 is 2.55 bits per heavy atom. The first-order valence-electron chi connectivity index (χ1n) is 9.91. The zero-order valence-corrected chi connectivity index (χ0v) is 16.3. The minimum absolute atomic E-state index is 0.122. The van der Waals surface area contributed by atoms with Gasteiger partial charge in [0, 0.05) is 24.5 Å². The van der Waals surface area contributed by atoms with Gasteiger partial charge in [-0.1, -0.05) is 18.2 Å². The molecule has 29 heavy (non-hydrogen) atoms. The predicted molar refractivity (Wildman–Crippen MR) is 109 cm³/mol. The molecule has 0 unspecified atom stereocenters. The van der Waals surface area contributed by atoms with Crippen LogP contribution < -0.4 is 10.1 Å². The van der Waals surface area contributed by atoms with Gasteiger partial charge < -0.3 is 15.0 Å². The highest BCUT2D eigenvalue weighted by molar-refractivity contribution is 5.94. The molecule has 2 N–H and O–H groups in total. The molecule has 2 heterocycles. The van der Waals surface area contributed by atoms with Crippen LogP contribution in [0, 0.1) is 12.7 Å². The van der Waals surface area contributed by atoms with E-state index in [1.165, 1.54) is 12.1 Å². The fourth-order valence-corrected chi connectivity index (χ4v) is 3.62. The number of halogens is 1. The molecule has 2 aromatic heterocycles. The van der Waals surface area contributed by atoms with Gasteiger partial charge in [-0.25, -0.2) is 9.37 Å². The highest BCUT2D eigenvalue weighted by Gasteiger charge is 2.24. The fourth-order valence-electron chi connectivity index (χ4n) is 3.62. The number of pyridine rings is 1. The highest BCUT2D eigenvalue weighted by Crippen LogP contribution is 2.24. The lowest BCUT2D eigenvalue weighted by Crippen LogP contribution is -2.39. The maximum Gasteiger partial charge on any atom is 0.267 e. The van der Waals surface area contributed by atoms with Crippen molar-refractivity contribution in [3.63, 3.8) is 0 Å². The fraction of sp³-hybridized carbons (Fsp3) is 0.304. The summed E-state index contributed by atoms with van der Waals surface area (Å²) in [5.74, 6) is 0.255. The number of hydrogen-bond donors (Lipinski definition) is 2. The second kappa shape index (κ2) is 8.47. The van der Waals surface area contributed by atoms with E-state index in [1.807, 2.05) is 19.1 Å². The molecule has 1 fully saturated rings. The number of carbonyl (C=O) groups excluding carboxylic acids is 1. The van der Waals surface area contributed by atoms with Gasteiger partial charge in [-0.05, 0) is 67.5 Å². The van der Waals surface area contributed by atoms with E-state index in [-0.39, 0.29) is 23.9 Å². The standard InChI is InChI=1S/C23H24FN3O2/c1-15-2-11-22(26-13-15)29-20-9-7-19(8-10-20)27-23(28)21-12-17(14-25-21)16-3-5-18(24)6-4-16/h2-6,11-14,19-20,25H,7-10H2,1H3,(H,27,28). The van der Waals surface area contributed by atoms with Crippen molar-refractivity contribution in [3.8, 4) is 17.0 Å². The van der Waals surface area contributed by atoms with Gasteiger partial charge in [-0.3, -0.25) is 4.79 Å². The summed E-state index contributed by atoms with van der Waals surface area (Å²) in [5.41, 5.74) is 3.34. The number of rotatable bonds is 5. The number of hydrogen-bond acceptors (Lipinski definition) is 3. The Bertz CT molecular complexity index is 959. The van der Waals surface area contributed by atoms with Gasteiger partial charge >= 0.3 is 0 Å². The third-order valence-corrected chi connectivity index (χ3v) is 5.29. The van der Waals surface area contributed by atoms with Crippen molar-refractivity contribution >= 4 is 5.91 Å². The highest BCUT2D eigenvalue weighted by atomic mass is 19.1. The average molecular weight is 393 g/mol. The summed E-state index contributed by atoms with van der Waals surface area (Å²) in [6.45, 7) is 2.00. The Labute approximate surface area is 169 Å². The van der Waals surface area contributed by atoms with Crippen molar-refractivity contribution in [3.05, 3.63) is 71.9 Å². The molecule has 1 aromatic carbocycles. The van der Waals surface area contributed by atoms with Crippen LogP contribution in [-0.2, 0) is 0 Å². The van der Waals surface area contributed by atoms with E-state index < -0.39 is 0 Å². The summed E-state index contributed by atoms with van der Waals surface area (Å²) in [6, 6.07) is 12.0. The predicted octanol–water partition coefficient (Wildman–Crippen LogP) is 4.64. The number of carbonyl (C=O) groups is 1. The number of aromatic amines is 1. The molecule has 6 heteroatoms. The Kier molecular flexibility index (Phi) is 5.60. The first-order chi connectivity index (χ1) is 14.1. The minimum atomic E-state index is -0.278. The van der Waals surface area contributed by atoms with E-state index in [4.69, 9.17) is 4.74 Å². The topological polar surface area (TPSA) is 67.0 Å². The lowest BCUT2D eigenvalue weighted by atomic mass is 9.93. The summed E-state index contributed by atoms with van der Waals surface area (Å²) in [7, 11) is 0. The van der Waals surface area contributed by atoms with E-state index in [0.717, 1.165) is 42.4 Å². The van der Waals surface area contributed by atoms with Crippen molar-refractivity contribution < 1.29 is 13.9 Å². The van der Waals surface area contributed by atoms with Crippen LogP contribution in [-0.4, -0.2) is 28.0 Å². The van der Waals surface area contributed by atoms with Crippen LogP contribution in [0.25, 0.3) is 11.1 Å². The van der Waals surface area contributed by atoms with Gasteiger partial charge in [0.1, 0.15) is 17.6 Å². The van der Waals surface area contributed by atoms with Crippen molar-refractivity contribution in [1.82, 2.24) is 15.3 Å². The van der Waals surface area contributed by atoms with Gasteiger partial charge in [0.05, 0.1) is 0 Å². The molecule has 3 aromatic rings. The molecule has 0 radical (unpaired) electrons. The summed E-state index contributed by atoms with van der Waals surface area (Å²) >= 11 is 0. The van der Waals surface area contributed by atoms with Crippen LogP contribution in [0.15, 0.2) is 54.9 Å². The van der Waals surface area contributed by atoms with E-state index in [9.17, 15) is 9.18 Å². The Morgan fingerprint density at radius 1 is 1.10 bits per heavy atom. The molecular formula is C23H24FN3O2. The molecule has 1 amide bonds. The zero-order chi connectivity index (χ0) is 20.2. The van der Waals surface area contributed by atoms with Crippen LogP contribution in [0.3, 0.4) is 0 Å². The van der Waals surface area contributed by atoms with Crippen LogP contribution >= 0.6 is 0 Å². The lowest BCUT2D eigenvalue weighted by molar-refractivity contribution is 0.0886. The average Bonchev–Trinajstić information content (AvgIpc) is 3.22. The van der Waals surface area contributed by atoms with E-state index in [1.54, 1.807) is 30.6 Å². The number of nitrogens with zero attached hydrogens (tertiary/aromatic N) is 1. The van der Waals surface area contributed by atoms with Crippen LogP contribution in [0.5, 0.6) is 5.88 Å². The van der Waals surface area contributed by atoms with Gasteiger partial charge in [0.2, 0.25) is 5.88 Å². The zero-order valence-electron chi connectivity index (χ0n) is 16.3. The molecule has 150 valence electrons. The third-order valence-electron chi connectivity index (χ3n) is 5.29. The molecule has 5 nitrogen and oxygen atoms in total. The number of aromatic nitrogens is 2. The molecule has 4 rings (SSSR count). The monoisotopic (exact) mass is 393 g/mol. The number of aryl methyl sites for hydroxylation is 1. The summed E-state index contributed by atoms with van der Waals surface area (Å²) in [4.78, 5) is 19.9. The van der Waals surface area contributed by atoms with E-state index in [0.29, 0.717) is 11.6 Å². The van der Waals surface area contributed by atoms with Gasteiger partial charge in [-0.2, -0.15) is 0 Å². The SMILES string of the molecule is Cc1ccc(OC2CCC(NC(=O)c3cc(-c4ccc(F)cc4)c[nH]3)CC2)nc1. The van der Waals surface area contributed by atoms with E-state index in [2.05, 4.69) is 15.3 Å². The summed E-state index contributed by atoms with van der Waals surface area (Å²) < 4.78 is 19.0. The van der Waals surface area contributed by atoms with Crippen LogP contribution in [0.2, 0.25) is 0 Å². The lowest BCUT2D eigenvalue weighted by Gasteiger charge is -2.29. The minimum Gasteiger partial charge on any atom is -0.474 e. The molecular weight excluding hydrogens is 369 g/mol. The van der Waals surface area contributed by atoms with Crippen molar-refractivity contribution in [2.45, 2.75) is 44.8 Å². The number of benzene rings is 1. The van der Waals surface area contributed by atoms with Gasteiger partial charge in [0.25, 0.3) is 5.91 Å². The first kappa shape index (κ1) is 19.2. The molecule has 0 aliphatic heterocycles. The molecule has 0 atom stereocenters. The summed E-state index contributed by atoms with van der Waals surface area (Å²) in [5, 5.41) is 3.10. The summed E-state index contributed by atoms with van der Waals surface area (Å²) in [6.07, 6.45) is 7.20. The van der Waals surface area contributed by atoms with Crippen molar-refractivity contribution in [1.29, 1.82) is 0 Å². The Balaban J connectivity index is 1.28. The number of H-pyrrole nitrogens is 1.